The number of carbonyl (C=O) groups excluding carboxylic acids is 1. The number of para-hydroxylation sites is 1. The molecular weight excluding hydrogens is 423 g/mol. The van der Waals surface area contributed by atoms with Gasteiger partial charge in [0.15, 0.2) is 5.96 Å². The molecule has 0 saturated carbocycles. The average molecular weight is 448 g/mol. The highest BCUT2D eigenvalue weighted by Crippen LogP contribution is 2.27. The first-order chi connectivity index (χ1) is 11.2. The molecule has 2 rings (SSSR count). The van der Waals surface area contributed by atoms with Crippen LogP contribution in [0.5, 0.6) is 5.75 Å². The number of ether oxygens (including phenoxy) is 2. The van der Waals surface area contributed by atoms with Crippen molar-refractivity contribution < 1.29 is 14.3 Å². The Morgan fingerprint density at radius 2 is 2.12 bits per heavy atom. The van der Waals surface area contributed by atoms with Crippen LogP contribution in [-0.2, 0) is 16.0 Å². The van der Waals surface area contributed by atoms with E-state index in [1.807, 2.05) is 18.2 Å². The number of amides is 1. The zero-order valence-electron chi connectivity index (χ0n) is 14.0. The van der Waals surface area contributed by atoms with E-state index < -0.39 is 0 Å². The van der Waals surface area contributed by atoms with Crippen LogP contribution < -0.4 is 20.7 Å². The number of aliphatic imine (C=N–C) groups is 1. The highest BCUT2D eigenvalue weighted by Gasteiger charge is 2.22. The quantitative estimate of drug-likeness (QED) is 0.246. The van der Waals surface area contributed by atoms with Crippen LogP contribution in [0.2, 0.25) is 0 Å². The third kappa shape index (κ3) is 6.52. The molecular formula is C16H25IN4O3. The molecule has 0 aromatic heterocycles. The third-order valence-corrected chi connectivity index (χ3v) is 3.48. The maximum atomic E-state index is 11.6. The minimum atomic E-state index is -0.102. The number of nitrogens with zero attached hydrogens (tertiary/aromatic N) is 1. The van der Waals surface area contributed by atoms with Crippen molar-refractivity contribution in [2.45, 2.75) is 12.5 Å². The number of rotatable bonds is 7. The van der Waals surface area contributed by atoms with Crippen LogP contribution in [0, 0.1) is 0 Å². The van der Waals surface area contributed by atoms with E-state index in [0.29, 0.717) is 25.7 Å². The molecule has 7 nitrogen and oxygen atoms in total. The molecule has 1 atom stereocenters. The summed E-state index contributed by atoms with van der Waals surface area (Å²) in [5.41, 5.74) is 1.22. The van der Waals surface area contributed by atoms with Gasteiger partial charge in [0.05, 0.1) is 19.7 Å². The summed E-state index contributed by atoms with van der Waals surface area (Å²) < 4.78 is 10.7. The molecule has 1 amide bonds. The fourth-order valence-corrected chi connectivity index (χ4v) is 2.32. The normalized spacial score (nSPS) is 15.8. The Morgan fingerprint density at radius 1 is 1.33 bits per heavy atom. The van der Waals surface area contributed by atoms with Gasteiger partial charge in [0.1, 0.15) is 11.9 Å². The Labute approximate surface area is 159 Å². The van der Waals surface area contributed by atoms with Crippen molar-refractivity contribution in [1.82, 2.24) is 16.0 Å². The predicted molar refractivity (Wildman–Crippen MR) is 104 cm³/mol. The van der Waals surface area contributed by atoms with Gasteiger partial charge in [-0.05, 0) is 11.6 Å². The van der Waals surface area contributed by atoms with Crippen molar-refractivity contribution in [3.8, 4) is 5.75 Å². The molecule has 0 spiro atoms. The summed E-state index contributed by atoms with van der Waals surface area (Å²) >= 11 is 0. The second kappa shape index (κ2) is 11.1. The van der Waals surface area contributed by atoms with E-state index >= 15 is 0 Å². The molecule has 0 saturated heterocycles. The number of hydrogen-bond donors (Lipinski definition) is 3. The highest BCUT2D eigenvalue weighted by molar-refractivity contribution is 14.0. The number of guanidine groups is 1. The van der Waals surface area contributed by atoms with Gasteiger partial charge < -0.3 is 25.4 Å². The number of methoxy groups -OCH3 is 1. The van der Waals surface area contributed by atoms with Gasteiger partial charge >= 0.3 is 0 Å². The van der Waals surface area contributed by atoms with Gasteiger partial charge in [-0.15, -0.1) is 24.0 Å². The van der Waals surface area contributed by atoms with Crippen LogP contribution >= 0.6 is 24.0 Å². The number of benzene rings is 1. The molecule has 3 N–H and O–H groups in total. The second-order valence-electron chi connectivity index (χ2n) is 5.20. The topological polar surface area (TPSA) is 84.0 Å². The zero-order chi connectivity index (χ0) is 16.5. The summed E-state index contributed by atoms with van der Waals surface area (Å²) in [7, 11) is 3.27. The lowest BCUT2D eigenvalue weighted by Crippen LogP contribution is -2.46. The smallest absolute Gasteiger partial charge is 0.239 e. The minimum Gasteiger partial charge on any atom is -0.488 e. The van der Waals surface area contributed by atoms with E-state index in [9.17, 15) is 4.79 Å². The van der Waals surface area contributed by atoms with Gasteiger partial charge in [-0.2, -0.15) is 0 Å². The lowest BCUT2D eigenvalue weighted by molar-refractivity contribution is -0.120. The number of fused-ring (bicyclic) bond motifs is 1. The molecule has 1 aliphatic heterocycles. The minimum absolute atomic E-state index is 0. The molecule has 24 heavy (non-hydrogen) atoms. The van der Waals surface area contributed by atoms with Crippen molar-refractivity contribution in [2.24, 2.45) is 4.99 Å². The Balaban J connectivity index is 0.00000288. The summed E-state index contributed by atoms with van der Waals surface area (Å²) in [5.74, 6) is 1.42. The first kappa shape index (κ1) is 20.5. The van der Waals surface area contributed by atoms with Crippen molar-refractivity contribution in [1.29, 1.82) is 0 Å². The lowest BCUT2D eigenvalue weighted by atomic mass is 10.1. The molecule has 1 heterocycles. The highest BCUT2D eigenvalue weighted by atomic mass is 127. The maximum Gasteiger partial charge on any atom is 0.239 e. The molecule has 1 aromatic carbocycles. The van der Waals surface area contributed by atoms with E-state index in [-0.39, 0.29) is 42.5 Å². The second-order valence-corrected chi connectivity index (χ2v) is 5.20. The van der Waals surface area contributed by atoms with Crippen LogP contribution in [0.3, 0.4) is 0 Å². The fraction of sp³-hybridized carbons (Fsp3) is 0.500. The average Bonchev–Trinajstić information content (AvgIpc) is 2.98. The maximum absolute atomic E-state index is 11.6. The van der Waals surface area contributed by atoms with E-state index in [1.165, 1.54) is 5.56 Å². The molecule has 1 aliphatic rings. The van der Waals surface area contributed by atoms with Crippen LogP contribution in [0.4, 0.5) is 0 Å². The molecule has 134 valence electrons. The SMILES string of the molecule is CN=C(NCC(=O)NCCOC)NCC1Cc2ccccc2O1.I. The van der Waals surface area contributed by atoms with Gasteiger partial charge in [0.25, 0.3) is 0 Å². The van der Waals surface area contributed by atoms with Crippen LogP contribution in [-0.4, -0.2) is 58.4 Å². The first-order valence-electron chi connectivity index (χ1n) is 7.67. The predicted octanol–water partition coefficient (Wildman–Crippen LogP) is 0.536. The van der Waals surface area contributed by atoms with Crippen LogP contribution in [0.25, 0.3) is 0 Å². The Bertz CT molecular complexity index is 529. The molecule has 0 aliphatic carbocycles. The van der Waals surface area contributed by atoms with Crippen molar-refractivity contribution in [2.75, 3.05) is 40.4 Å². The summed E-state index contributed by atoms with van der Waals surface area (Å²) in [6.07, 6.45) is 0.944. The lowest BCUT2D eigenvalue weighted by Gasteiger charge is -2.15. The van der Waals surface area contributed by atoms with E-state index in [1.54, 1.807) is 14.2 Å². The Morgan fingerprint density at radius 3 is 2.83 bits per heavy atom. The molecule has 1 aromatic rings. The van der Waals surface area contributed by atoms with Gasteiger partial charge in [-0.25, -0.2) is 0 Å². The molecule has 0 bridgehead atoms. The van der Waals surface area contributed by atoms with Crippen LogP contribution in [0.15, 0.2) is 29.3 Å². The number of hydrogen-bond acceptors (Lipinski definition) is 4. The van der Waals surface area contributed by atoms with Crippen molar-refractivity contribution >= 4 is 35.8 Å². The van der Waals surface area contributed by atoms with E-state index in [0.717, 1.165) is 12.2 Å². The van der Waals surface area contributed by atoms with Gasteiger partial charge in [0, 0.05) is 27.1 Å². The Kier molecular flexibility index (Phi) is 9.46. The third-order valence-electron chi connectivity index (χ3n) is 3.48. The summed E-state index contributed by atoms with van der Waals surface area (Å²) in [5, 5.41) is 8.89. The monoisotopic (exact) mass is 448 g/mol. The molecule has 1 unspecified atom stereocenters. The van der Waals surface area contributed by atoms with Gasteiger partial charge in [-0.3, -0.25) is 9.79 Å². The Hall–Kier alpha value is -1.55. The van der Waals surface area contributed by atoms with E-state index in [2.05, 4.69) is 27.0 Å². The van der Waals surface area contributed by atoms with Gasteiger partial charge in [-0.1, -0.05) is 18.2 Å². The largest absolute Gasteiger partial charge is 0.488 e. The zero-order valence-corrected chi connectivity index (χ0v) is 16.3. The summed E-state index contributed by atoms with van der Waals surface area (Å²) in [6, 6.07) is 8.04. The number of carbonyl (C=O) groups is 1. The molecule has 0 fully saturated rings. The number of nitrogens with one attached hydrogen (secondary N) is 3. The van der Waals surface area contributed by atoms with Gasteiger partial charge in [0.2, 0.25) is 5.91 Å². The van der Waals surface area contributed by atoms with E-state index in [4.69, 9.17) is 9.47 Å². The molecule has 8 heteroatoms. The van der Waals surface area contributed by atoms with Crippen molar-refractivity contribution in [3.63, 3.8) is 0 Å². The fourth-order valence-electron chi connectivity index (χ4n) is 2.32. The molecule has 0 radical (unpaired) electrons. The number of halogens is 1. The van der Waals surface area contributed by atoms with Crippen molar-refractivity contribution in [3.05, 3.63) is 29.8 Å². The standard InChI is InChI=1S/C16H24N4O3.HI/c1-17-16(20-11-15(21)18-7-8-22-2)19-10-13-9-12-5-3-4-6-14(12)23-13;/h3-6,13H,7-11H2,1-2H3,(H,18,21)(H2,17,19,20);1H. The van der Waals surface area contributed by atoms with Crippen LogP contribution in [0.1, 0.15) is 5.56 Å². The first-order valence-corrected chi connectivity index (χ1v) is 7.67. The summed E-state index contributed by atoms with van der Waals surface area (Å²) in [4.78, 5) is 15.7. The summed E-state index contributed by atoms with van der Waals surface area (Å²) in [6.45, 7) is 1.78.